The van der Waals surface area contributed by atoms with Gasteiger partial charge in [-0.2, -0.15) is 0 Å². The first-order valence-electron chi connectivity index (χ1n) is 6.81. The van der Waals surface area contributed by atoms with E-state index in [1.54, 1.807) is 0 Å². The monoisotopic (exact) mass is 226 g/mol. The minimum atomic E-state index is 0.531. The molecule has 2 fully saturated rings. The molecule has 0 amide bonds. The summed E-state index contributed by atoms with van der Waals surface area (Å²) in [5.41, 5.74) is 0. The normalized spacial score (nSPS) is 27.6. The van der Waals surface area contributed by atoms with Gasteiger partial charge in [0.25, 0.3) is 0 Å². The zero-order chi connectivity index (χ0) is 11.4. The largest absolute Gasteiger partial charge is 0.378 e. The molecule has 1 heterocycles. The smallest absolute Gasteiger partial charge is 0.0588 e. The van der Waals surface area contributed by atoms with Gasteiger partial charge < -0.3 is 10.1 Å². The molecule has 2 unspecified atom stereocenters. The Morgan fingerprint density at radius 2 is 2.19 bits per heavy atom. The Kier molecular flexibility index (Phi) is 4.62. The molecule has 1 N–H and O–H groups in total. The van der Waals surface area contributed by atoms with Gasteiger partial charge in [0, 0.05) is 25.2 Å². The molecule has 0 aromatic heterocycles. The van der Waals surface area contributed by atoms with Crippen LogP contribution in [0.4, 0.5) is 0 Å². The van der Waals surface area contributed by atoms with Crippen molar-refractivity contribution in [1.82, 2.24) is 10.2 Å². The van der Waals surface area contributed by atoms with Crippen molar-refractivity contribution in [2.24, 2.45) is 0 Å². The number of hydrogen-bond donors (Lipinski definition) is 1. The van der Waals surface area contributed by atoms with Crippen molar-refractivity contribution in [2.75, 3.05) is 26.7 Å². The maximum atomic E-state index is 5.61. The molecule has 2 rings (SSSR count). The second kappa shape index (κ2) is 5.99. The van der Waals surface area contributed by atoms with Gasteiger partial charge in [-0.3, -0.25) is 4.90 Å². The first-order valence-corrected chi connectivity index (χ1v) is 6.81. The minimum absolute atomic E-state index is 0.531. The fraction of sp³-hybridized carbons (Fsp3) is 1.00. The van der Waals surface area contributed by atoms with Crippen LogP contribution in [0.3, 0.4) is 0 Å². The van der Waals surface area contributed by atoms with Gasteiger partial charge in [0.15, 0.2) is 0 Å². The Balaban J connectivity index is 1.49. The third-order valence-corrected chi connectivity index (χ3v) is 3.92. The SMILES string of the molecule is CC(CNCCC1CCCO1)N(C)C1CC1. The Morgan fingerprint density at radius 1 is 1.38 bits per heavy atom. The van der Waals surface area contributed by atoms with E-state index >= 15 is 0 Å². The van der Waals surface area contributed by atoms with Gasteiger partial charge in [0.1, 0.15) is 0 Å². The fourth-order valence-corrected chi connectivity index (χ4v) is 2.43. The third kappa shape index (κ3) is 3.72. The Morgan fingerprint density at radius 3 is 2.81 bits per heavy atom. The Hall–Kier alpha value is -0.120. The van der Waals surface area contributed by atoms with E-state index in [0.717, 1.165) is 25.7 Å². The Labute approximate surface area is 99.5 Å². The summed E-state index contributed by atoms with van der Waals surface area (Å²) in [4.78, 5) is 2.51. The van der Waals surface area contributed by atoms with Crippen molar-refractivity contribution in [3.05, 3.63) is 0 Å². The molecule has 0 aromatic rings. The quantitative estimate of drug-likeness (QED) is 0.668. The molecule has 2 atom stereocenters. The fourth-order valence-electron chi connectivity index (χ4n) is 2.43. The molecule has 1 saturated heterocycles. The average Bonchev–Trinajstić information content (AvgIpc) is 3.01. The van der Waals surface area contributed by atoms with Crippen LogP contribution in [-0.4, -0.2) is 49.8 Å². The second-order valence-corrected chi connectivity index (χ2v) is 5.37. The number of likely N-dealkylation sites (N-methyl/N-ethyl adjacent to an activating group) is 1. The van der Waals surface area contributed by atoms with Gasteiger partial charge in [0.2, 0.25) is 0 Å². The van der Waals surface area contributed by atoms with E-state index in [2.05, 4.69) is 24.2 Å². The van der Waals surface area contributed by atoms with Gasteiger partial charge in [-0.15, -0.1) is 0 Å². The van der Waals surface area contributed by atoms with E-state index in [1.807, 2.05) is 0 Å². The lowest BCUT2D eigenvalue weighted by molar-refractivity contribution is 0.103. The molecular weight excluding hydrogens is 200 g/mol. The van der Waals surface area contributed by atoms with Gasteiger partial charge in [0.05, 0.1) is 6.10 Å². The van der Waals surface area contributed by atoms with Crippen LogP contribution in [0.1, 0.15) is 39.0 Å². The van der Waals surface area contributed by atoms with Crippen molar-refractivity contribution in [1.29, 1.82) is 0 Å². The molecule has 3 nitrogen and oxygen atoms in total. The summed E-state index contributed by atoms with van der Waals surface area (Å²) in [6.07, 6.45) is 7.03. The summed E-state index contributed by atoms with van der Waals surface area (Å²) in [5.74, 6) is 0. The van der Waals surface area contributed by atoms with Crippen molar-refractivity contribution in [3.8, 4) is 0 Å². The van der Waals surface area contributed by atoms with E-state index in [1.165, 1.54) is 32.1 Å². The molecule has 2 aliphatic rings. The second-order valence-electron chi connectivity index (χ2n) is 5.37. The zero-order valence-corrected chi connectivity index (χ0v) is 10.7. The molecule has 0 bridgehead atoms. The summed E-state index contributed by atoms with van der Waals surface area (Å²) in [6, 6.07) is 1.53. The lowest BCUT2D eigenvalue weighted by atomic mass is 10.2. The maximum Gasteiger partial charge on any atom is 0.0588 e. The number of ether oxygens (including phenoxy) is 1. The molecular formula is C13H26N2O. The third-order valence-electron chi connectivity index (χ3n) is 3.92. The Bertz CT molecular complexity index is 200. The van der Waals surface area contributed by atoms with Crippen LogP contribution >= 0.6 is 0 Å². The molecule has 0 aromatic carbocycles. The average molecular weight is 226 g/mol. The van der Waals surface area contributed by atoms with Crippen molar-refractivity contribution in [2.45, 2.75) is 57.2 Å². The summed E-state index contributed by atoms with van der Waals surface area (Å²) >= 11 is 0. The van der Waals surface area contributed by atoms with E-state index in [0.29, 0.717) is 12.1 Å². The summed E-state index contributed by atoms with van der Waals surface area (Å²) in [7, 11) is 2.25. The van der Waals surface area contributed by atoms with Crippen LogP contribution in [0.5, 0.6) is 0 Å². The predicted molar refractivity (Wildman–Crippen MR) is 66.7 cm³/mol. The number of nitrogens with one attached hydrogen (secondary N) is 1. The zero-order valence-electron chi connectivity index (χ0n) is 10.7. The highest BCUT2D eigenvalue weighted by Gasteiger charge is 2.28. The number of rotatable bonds is 7. The van der Waals surface area contributed by atoms with Gasteiger partial charge in [-0.25, -0.2) is 0 Å². The van der Waals surface area contributed by atoms with Crippen LogP contribution in [0.15, 0.2) is 0 Å². The lowest BCUT2D eigenvalue weighted by Crippen LogP contribution is -2.39. The van der Waals surface area contributed by atoms with E-state index in [4.69, 9.17) is 4.74 Å². The minimum Gasteiger partial charge on any atom is -0.378 e. The maximum absolute atomic E-state index is 5.61. The number of hydrogen-bond acceptors (Lipinski definition) is 3. The van der Waals surface area contributed by atoms with Crippen molar-refractivity contribution >= 4 is 0 Å². The molecule has 94 valence electrons. The van der Waals surface area contributed by atoms with Crippen LogP contribution in [0.25, 0.3) is 0 Å². The highest BCUT2D eigenvalue weighted by molar-refractivity contribution is 4.85. The van der Waals surface area contributed by atoms with Crippen LogP contribution in [0.2, 0.25) is 0 Å². The lowest BCUT2D eigenvalue weighted by Gasteiger charge is -2.24. The predicted octanol–water partition coefficient (Wildman–Crippen LogP) is 1.63. The van der Waals surface area contributed by atoms with Crippen LogP contribution in [-0.2, 0) is 4.74 Å². The topological polar surface area (TPSA) is 24.5 Å². The molecule has 3 heteroatoms. The molecule has 1 aliphatic carbocycles. The first kappa shape index (κ1) is 12.3. The van der Waals surface area contributed by atoms with Gasteiger partial charge >= 0.3 is 0 Å². The van der Waals surface area contributed by atoms with E-state index in [-0.39, 0.29) is 0 Å². The molecule has 16 heavy (non-hydrogen) atoms. The molecule has 0 radical (unpaired) electrons. The standard InChI is InChI=1S/C13H26N2O/c1-11(15(2)12-5-6-12)10-14-8-7-13-4-3-9-16-13/h11-14H,3-10H2,1-2H3. The van der Waals surface area contributed by atoms with Crippen molar-refractivity contribution in [3.63, 3.8) is 0 Å². The van der Waals surface area contributed by atoms with Gasteiger partial charge in [-0.05, 0) is 52.6 Å². The molecule has 0 spiro atoms. The molecule has 1 saturated carbocycles. The highest BCUT2D eigenvalue weighted by atomic mass is 16.5. The first-order chi connectivity index (χ1) is 7.77. The number of nitrogens with zero attached hydrogens (tertiary/aromatic N) is 1. The summed E-state index contributed by atoms with van der Waals surface area (Å²) in [5, 5.41) is 3.55. The molecule has 1 aliphatic heterocycles. The van der Waals surface area contributed by atoms with E-state index < -0.39 is 0 Å². The van der Waals surface area contributed by atoms with Gasteiger partial charge in [-0.1, -0.05) is 0 Å². The highest BCUT2D eigenvalue weighted by Crippen LogP contribution is 2.26. The summed E-state index contributed by atoms with van der Waals surface area (Å²) in [6.45, 7) is 5.51. The van der Waals surface area contributed by atoms with Crippen molar-refractivity contribution < 1.29 is 4.74 Å². The van der Waals surface area contributed by atoms with E-state index in [9.17, 15) is 0 Å². The van der Waals surface area contributed by atoms with Crippen LogP contribution < -0.4 is 5.32 Å². The van der Waals surface area contributed by atoms with Crippen LogP contribution in [0, 0.1) is 0 Å². The summed E-state index contributed by atoms with van der Waals surface area (Å²) < 4.78 is 5.61.